The van der Waals surface area contributed by atoms with Gasteiger partial charge in [-0.15, -0.1) is 0 Å². The molecule has 0 radical (unpaired) electrons. The normalized spacial score (nSPS) is 18.9. The highest BCUT2D eigenvalue weighted by atomic mass is 16.5. The second-order valence-electron chi connectivity index (χ2n) is 9.14. The van der Waals surface area contributed by atoms with Gasteiger partial charge in [-0.3, -0.25) is 9.59 Å². The van der Waals surface area contributed by atoms with E-state index in [0.29, 0.717) is 19.6 Å². The highest BCUT2D eigenvalue weighted by Crippen LogP contribution is 2.31. The van der Waals surface area contributed by atoms with Crippen LogP contribution in [-0.2, 0) is 19.1 Å². The Morgan fingerprint density at radius 1 is 0.600 bits per heavy atom. The number of hydrogen-bond donors (Lipinski definition) is 0. The Balaban J connectivity index is 2.09. The third kappa shape index (κ3) is 13.3. The van der Waals surface area contributed by atoms with E-state index in [-0.39, 0.29) is 23.8 Å². The lowest BCUT2D eigenvalue weighted by Gasteiger charge is -2.26. The summed E-state index contributed by atoms with van der Waals surface area (Å²) in [5.74, 6) is -0.463. The van der Waals surface area contributed by atoms with Gasteiger partial charge in [-0.1, -0.05) is 97.3 Å². The van der Waals surface area contributed by atoms with Gasteiger partial charge in [0.25, 0.3) is 0 Å². The second-order valence-corrected chi connectivity index (χ2v) is 9.14. The zero-order chi connectivity index (χ0) is 21.9. The molecule has 30 heavy (non-hydrogen) atoms. The fourth-order valence-corrected chi connectivity index (χ4v) is 4.32. The van der Waals surface area contributed by atoms with Gasteiger partial charge >= 0.3 is 11.9 Å². The number of ether oxygens (including phenoxy) is 2. The Kier molecular flexibility index (Phi) is 16.8. The summed E-state index contributed by atoms with van der Waals surface area (Å²) in [6.07, 6.45) is 20.2. The van der Waals surface area contributed by atoms with Crippen LogP contribution in [0, 0.1) is 11.8 Å². The summed E-state index contributed by atoms with van der Waals surface area (Å²) < 4.78 is 11.0. The predicted molar refractivity (Wildman–Crippen MR) is 123 cm³/mol. The van der Waals surface area contributed by atoms with Crippen molar-refractivity contribution in [2.75, 3.05) is 13.2 Å². The van der Waals surface area contributed by atoms with Gasteiger partial charge < -0.3 is 9.47 Å². The van der Waals surface area contributed by atoms with Gasteiger partial charge in [0, 0.05) is 0 Å². The molecule has 1 saturated carbocycles. The SMILES string of the molecule is CCCCCCCCCOC(=O)C1CCCC(C(=O)OCCCCCCCCC)C1. The highest BCUT2D eigenvalue weighted by molar-refractivity contribution is 5.76. The molecule has 1 aliphatic carbocycles. The lowest BCUT2D eigenvalue weighted by Crippen LogP contribution is -2.30. The quantitative estimate of drug-likeness (QED) is 0.170. The van der Waals surface area contributed by atoms with Crippen molar-refractivity contribution in [1.29, 1.82) is 0 Å². The average Bonchev–Trinajstić information content (AvgIpc) is 2.77. The number of carbonyl (C=O) groups excluding carboxylic acids is 2. The van der Waals surface area contributed by atoms with Crippen LogP contribution < -0.4 is 0 Å². The second kappa shape index (κ2) is 18.7. The van der Waals surface area contributed by atoms with Gasteiger partial charge in [-0.2, -0.15) is 0 Å². The summed E-state index contributed by atoms with van der Waals surface area (Å²) >= 11 is 0. The van der Waals surface area contributed by atoms with Crippen molar-refractivity contribution in [3.63, 3.8) is 0 Å². The molecule has 0 bridgehead atoms. The van der Waals surface area contributed by atoms with E-state index in [1.54, 1.807) is 0 Å². The smallest absolute Gasteiger partial charge is 0.308 e. The first-order valence-corrected chi connectivity index (χ1v) is 13.0. The van der Waals surface area contributed by atoms with Gasteiger partial charge in [0.1, 0.15) is 0 Å². The van der Waals surface area contributed by atoms with Crippen LogP contribution in [-0.4, -0.2) is 25.2 Å². The molecule has 0 heterocycles. The molecule has 0 saturated heterocycles. The number of esters is 2. The van der Waals surface area contributed by atoms with Crippen LogP contribution in [0.25, 0.3) is 0 Å². The van der Waals surface area contributed by atoms with Crippen LogP contribution in [0.4, 0.5) is 0 Å². The summed E-state index contributed by atoms with van der Waals surface area (Å²) in [6.45, 7) is 5.50. The highest BCUT2D eigenvalue weighted by Gasteiger charge is 2.32. The lowest BCUT2D eigenvalue weighted by atomic mass is 9.81. The third-order valence-electron chi connectivity index (χ3n) is 6.33. The first kappa shape index (κ1) is 27.0. The minimum absolute atomic E-state index is 0.106. The zero-order valence-corrected chi connectivity index (χ0v) is 19.9. The summed E-state index contributed by atoms with van der Waals surface area (Å²) in [6, 6.07) is 0. The molecule has 176 valence electrons. The molecule has 0 aliphatic heterocycles. The largest absolute Gasteiger partial charge is 0.465 e. The molecule has 0 spiro atoms. The van der Waals surface area contributed by atoms with Crippen molar-refractivity contribution in [2.24, 2.45) is 11.8 Å². The Hall–Kier alpha value is -1.06. The Morgan fingerprint density at radius 2 is 0.967 bits per heavy atom. The van der Waals surface area contributed by atoms with E-state index < -0.39 is 0 Å². The molecular weight excluding hydrogens is 376 g/mol. The molecule has 0 aromatic carbocycles. The maximum Gasteiger partial charge on any atom is 0.308 e. The Morgan fingerprint density at radius 3 is 1.37 bits per heavy atom. The maximum atomic E-state index is 12.4. The summed E-state index contributed by atoms with van der Waals surface area (Å²) in [5.41, 5.74) is 0. The molecule has 4 heteroatoms. The minimum atomic E-state index is -0.126. The maximum absolute atomic E-state index is 12.4. The van der Waals surface area contributed by atoms with Crippen LogP contribution in [0.5, 0.6) is 0 Å². The van der Waals surface area contributed by atoms with Crippen molar-refractivity contribution < 1.29 is 19.1 Å². The summed E-state index contributed by atoms with van der Waals surface area (Å²) in [4.78, 5) is 24.7. The van der Waals surface area contributed by atoms with Gasteiger partial charge in [0.05, 0.1) is 25.0 Å². The fraction of sp³-hybridized carbons (Fsp3) is 0.923. The molecule has 2 unspecified atom stereocenters. The van der Waals surface area contributed by atoms with Crippen molar-refractivity contribution in [3.05, 3.63) is 0 Å². The molecule has 1 rings (SSSR count). The van der Waals surface area contributed by atoms with E-state index in [9.17, 15) is 9.59 Å². The number of unbranched alkanes of at least 4 members (excludes halogenated alkanes) is 12. The van der Waals surface area contributed by atoms with E-state index >= 15 is 0 Å². The van der Waals surface area contributed by atoms with E-state index in [1.807, 2.05) is 0 Å². The van der Waals surface area contributed by atoms with Crippen LogP contribution in [0.1, 0.15) is 129 Å². The summed E-state index contributed by atoms with van der Waals surface area (Å²) in [7, 11) is 0. The molecule has 1 fully saturated rings. The predicted octanol–water partition coefficient (Wildman–Crippen LogP) is 7.38. The number of rotatable bonds is 18. The van der Waals surface area contributed by atoms with Crippen molar-refractivity contribution in [1.82, 2.24) is 0 Å². The molecule has 0 amide bonds. The average molecular weight is 425 g/mol. The van der Waals surface area contributed by atoms with E-state index in [0.717, 1.165) is 44.9 Å². The van der Waals surface area contributed by atoms with Crippen molar-refractivity contribution in [2.45, 2.75) is 129 Å². The van der Waals surface area contributed by atoms with Gasteiger partial charge in [-0.05, 0) is 32.1 Å². The van der Waals surface area contributed by atoms with Crippen molar-refractivity contribution in [3.8, 4) is 0 Å². The fourth-order valence-electron chi connectivity index (χ4n) is 4.32. The van der Waals surface area contributed by atoms with E-state index in [4.69, 9.17) is 9.47 Å². The van der Waals surface area contributed by atoms with E-state index in [2.05, 4.69) is 13.8 Å². The monoisotopic (exact) mass is 424 g/mol. The first-order valence-electron chi connectivity index (χ1n) is 13.0. The van der Waals surface area contributed by atoms with Gasteiger partial charge in [0.15, 0.2) is 0 Å². The van der Waals surface area contributed by atoms with Gasteiger partial charge in [-0.25, -0.2) is 0 Å². The van der Waals surface area contributed by atoms with Crippen molar-refractivity contribution >= 4 is 11.9 Å². The summed E-state index contributed by atoms with van der Waals surface area (Å²) in [5, 5.41) is 0. The van der Waals surface area contributed by atoms with Crippen LogP contribution >= 0.6 is 0 Å². The van der Waals surface area contributed by atoms with Crippen LogP contribution in [0.15, 0.2) is 0 Å². The topological polar surface area (TPSA) is 52.6 Å². The molecule has 0 N–H and O–H groups in total. The number of carbonyl (C=O) groups is 2. The standard InChI is InChI=1S/C26H48O4/c1-3-5-7-9-11-13-15-20-29-25(27)23-18-17-19-24(22-23)26(28)30-21-16-14-12-10-8-6-4-2/h23-24H,3-22H2,1-2H3. The van der Waals surface area contributed by atoms with Crippen LogP contribution in [0.3, 0.4) is 0 Å². The molecule has 2 atom stereocenters. The first-order chi connectivity index (χ1) is 14.7. The zero-order valence-electron chi connectivity index (χ0n) is 19.9. The molecule has 1 aliphatic rings. The molecule has 0 aromatic rings. The van der Waals surface area contributed by atoms with E-state index in [1.165, 1.54) is 64.2 Å². The Bertz CT molecular complexity index is 397. The molecule has 0 aromatic heterocycles. The lowest BCUT2D eigenvalue weighted by molar-refractivity contribution is -0.155. The third-order valence-corrected chi connectivity index (χ3v) is 6.33. The minimum Gasteiger partial charge on any atom is -0.465 e. The Labute approximate surface area is 185 Å². The number of hydrogen-bond acceptors (Lipinski definition) is 4. The molecular formula is C26H48O4. The van der Waals surface area contributed by atoms with Gasteiger partial charge in [0.2, 0.25) is 0 Å². The molecule has 4 nitrogen and oxygen atoms in total. The van der Waals surface area contributed by atoms with Crippen LogP contribution in [0.2, 0.25) is 0 Å².